The number of hydrogen-bond acceptors (Lipinski definition) is 1. The van der Waals surface area contributed by atoms with Crippen LogP contribution in [0.5, 0.6) is 0 Å². The number of hydroxylamine groups is 1. The van der Waals surface area contributed by atoms with E-state index in [9.17, 15) is 5.21 Å². The smallest absolute Gasteiger partial charge is 0.194 e. The van der Waals surface area contributed by atoms with Gasteiger partial charge in [0.05, 0.1) is 0 Å². The number of aryl methyl sites for hydroxylation is 1. The van der Waals surface area contributed by atoms with Crippen LogP contribution in [0.15, 0.2) is 30.3 Å². The summed E-state index contributed by atoms with van der Waals surface area (Å²) >= 11 is 0. The second kappa shape index (κ2) is 3.09. The molecule has 1 aliphatic heterocycles. The summed E-state index contributed by atoms with van der Waals surface area (Å²) in [5, 5.41) is 11.4. The molecule has 1 radical (unpaired) electrons. The SMILES string of the molecule is [O-][NH+]1[C]=CCCc2ccccc21. The zero-order valence-electron chi connectivity index (χ0n) is 6.71. The van der Waals surface area contributed by atoms with Crippen molar-refractivity contribution in [2.24, 2.45) is 0 Å². The van der Waals surface area contributed by atoms with Crippen molar-refractivity contribution in [2.75, 3.05) is 0 Å². The lowest BCUT2D eigenvalue weighted by molar-refractivity contribution is -0.728. The third-order valence-corrected chi connectivity index (χ3v) is 2.05. The van der Waals surface area contributed by atoms with E-state index in [0.29, 0.717) is 0 Å². The van der Waals surface area contributed by atoms with Crippen molar-refractivity contribution in [3.05, 3.63) is 47.3 Å². The van der Waals surface area contributed by atoms with Crippen molar-refractivity contribution in [3.63, 3.8) is 0 Å². The minimum absolute atomic E-state index is 0.0168. The molecule has 1 heterocycles. The number of benzene rings is 1. The monoisotopic (exact) mass is 160 g/mol. The van der Waals surface area contributed by atoms with E-state index in [0.717, 1.165) is 24.1 Å². The summed E-state index contributed by atoms with van der Waals surface area (Å²) in [4.78, 5) is 0. The maximum Gasteiger partial charge on any atom is 0.194 e. The molecule has 12 heavy (non-hydrogen) atoms. The molecular formula is C10H10NO. The Hall–Kier alpha value is -1.12. The topological polar surface area (TPSA) is 27.5 Å². The number of para-hydroxylation sites is 1. The van der Waals surface area contributed by atoms with Gasteiger partial charge in [0.2, 0.25) is 0 Å². The van der Waals surface area contributed by atoms with Crippen LogP contribution in [0.25, 0.3) is 0 Å². The molecule has 1 N–H and O–H groups in total. The van der Waals surface area contributed by atoms with Gasteiger partial charge in [0.15, 0.2) is 6.20 Å². The third-order valence-electron chi connectivity index (χ3n) is 2.05. The fourth-order valence-corrected chi connectivity index (χ4v) is 1.43. The minimum Gasteiger partial charge on any atom is -0.623 e. The summed E-state index contributed by atoms with van der Waals surface area (Å²) in [6.07, 6.45) is 6.43. The Bertz CT molecular complexity index is 306. The van der Waals surface area contributed by atoms with E-state index in [1.54, 1.807) is 0 Å². The molecule has 0 saturated carbocycles. The van der Waals surface area contributed by atoms with E-state index in [1.807, 2.05) is 30.3 Å². The van der Waals surface area contributed by atoms with Crippen molar-refractivity contribution < 1.29 is 5.06 Å². The first-order valence-electron chi connectivity index (χ1n) is 4.08. The second-order valence-corrected chi connectivity index (χ2v) is 2.87. The lowest BCUT2D eigenvalue weighted by Crippen LogP contribution is -2.97. The Kier molecular flexibility index (Phi) is 1.94. The highest BCUT2D eigenvalue weighted by Crippen LogP contribution is 2.14. The van der Waals surface area contributed by atoms with Crippen LogP contribution in [0.4, 0.5) is 5.69 Å². The fraction of sp³-hybridized carbons (Fsp3) is 0.200. The number of allylic oxidation sites excluding steroid dienone is 1. The lowest BCUT2D eigenvalue weighted by Gasteiger charge is -2.16. The van der Waals surface area contributed by atoms with Crippen LogP contribution in [0, 0.1) is 11.4 Å². The van der Waals surface area contributed by atoms with Crippen molar-refractivity contribution in [1.82, 2.24) is 0 Å². The normalized spacial score (nSPS) is 21.6. The van der Waals surface area contributed by atoms with Crippen LogP contribution >= 0.6 is 0 Å². The maximum atomic E-state index is 11.4. The molecular weight excluding hydrogens is 150 g/mol. The van der Waals surface area contributed by atoms with E-state index in [2.05, 4.69) is 6.20 Å². The quantitative estimate of drug-likeness (QED) is 0.562. The molecule has 0 bridgehead atoms. The zero-order valence-corrected chi connectivity index (χ0v) is 6.71. The van der Waals surface area contributed by atoms with Crippen LogP contribution < -0.4 is 5.06 Å². The Morgan fingerprint density at radius 2 is 2.17 bits per heavy atom. The van der Waals surface area contributed by atoms with E-state index in [-0.39, 0.29) is 5.06 Å². The number of fused-ring (bicyclic) bond motifs is 1. The van der Waals surface area contributed by atoms with E-state index in [1.165, 1.54) is 0 Å². The number of quaternary nitrogens is 1. The Balaban J connectivity index is 2.46. The van der Waals surface area contributed by atoms with Gasteiger partial charge in [-0.05, 0) is 18.9 Å². The molecule has 0 saturated heterocycles. The summed E-state index contributed by atoms with van der Waals surface area (Å²) in [5.41, 5.74) is 1.95. The first-order chi connectivity index (χ1) is 5.88. The van der Waals surface area contributed by atoms with Crippen molar-refractivity contribution in [2.45, 2.75) is 12.8 Å². The molecule has 1 aromatic rings. The van der Waals surface area contributed by atoms with Crippen molar-refractivity contribution in [3.8, 4) is 0 Å². The van der Waals surface area contributed by atoms with Crippen molar-refractivity contribution >= 4 is 5.69 Å². The number of rotatable bonds is 0. The fourth-order valence-electron chi connectivity index (χ4n) is 1.43. The molecule has 1 atom stereocenters. The van der Waals surface area contributed by atoms with Crippen LogP contribution in [-0.2, 0) is 6.42 Å². The highest BCUT2D eigenvalue weighted by atomic mass is 16.5. The first-order valence-corrected chi connectivity index (χ1v) is 4.08. The van der Waals surface area contributed by atoms with Crippen LogP contribution in [0.2, 0.25) is 0 Å². The van der Waals surface area contributed by atoms with Gasteiger partial charge in [-0.25, -0.2) is 0 Å². The third kappa shape index (κ3) is 1.26. The van der Waals surface area contributed by atoms with Gasteiger partial charge >= 0.3 is 0 Å². The van der Waals surface area contributed by atoms with Crippen LogP contribution in [0.3, 0.4) is 0 Å². The first kappa shape index (κ1) is 7.53. The largest absolute Gasteiger partial charge is 0.623 e. The highest BCUT2D eigenvalue weighted by molar-refractivity contribution is 5.40. The predicted molar refractivity (Wildman–Crippen MR) is 46.6 cm³/mol. The molecule has 1 unspecified atom stereocenters. The summed E-state index contributed by atoms with van der Waals surface area (Å²) in [7, 11) is 0. The Morgan fingerprint density at radius 3 is 3.08 bits per heavy atom. The van der Waals surface area contributed by atoms with Crippen LogP contribution in [-0.4, -0.2) is 0 Å². The van der Waals surface area contributed by atoms with E-state index >= 15 is 0 Å². The molecule has 1 aromatic carbocycles. The summed E-state index contributed by atoms with van der Waals surface area (Å²) in [5.74, 6) is 0. The van der Waals surface area contributed by atoms with E-state index < -0.39 is 0 Å². The molecule has 61 valence electrons. The van der Waals surface area contributed by atoms with Gasteiger partial charge in [0.25, 0.3) is 0 Å². The molecule has 0 aromatic heterocycles. The zero-order chi connectivity index (χ0) is 8.39. The Morgan fingerprint density at radius 1 is 1.33 bits per heavy atom. The molecule has 0 spiro atoms. The van der Waals surface area contributed by atoms with Gasteiger partial charge in [0, 0.05) is 11.6 Å². The molecule has 0 aliphatic carbocycles. The lowest BCUT2D eigenvalue weighted by atomic mass is 10.1. The van der Waals surface area contributed by atoms with Gasteiger partial charge in [0.1, 0.15) is 5.69 Å². The van der Waals surface area contributed by atoms with Gasteiger partial charge in [-0.15, -0.1) is 0 Å². The maximum absolute atomic E-state index is 11.4. The summed E-state index contributed by atoms with van der Waals surface area (Å²) in [6, 6.07) is 7.74. The van der Waals surface area contributed by atoms with Gasteiger partial charge < -0.3 is 10.3 Å². The molecule has 2 heteroatoms. The van der Waals surface area contributed by atoms with E-state index in [4.69, 9.17) is 0 Å². The number of nitrogens with one attached hydrogen (secondary N) is 1. The van der Waals surface area contributed by atoms with Gasteiger partial charge in [-0.1, -0.05) is 18.2 Å². The standard InChI is InChI=1S/C10H10NO/c12-11-8-4-3-6-9-5-1-2-7-10(9)11/h1-2,4-5,7,11H,3,6H2. The summed E-state index contributed by atoms with van der Waals surface area (Å²) in [6.45, 7) is 0. The Labute approximate surface area is 71.7 Å². The highest BCUT2D eigenvalue weighted by Gasteiger charge is 2.09. The average Bonchev–Trinajstić information content (AvgIpc) is 2.29. The summed E-state index contributed by atoms with van der Waals surface area (Å²) < 4.78 is 0. The molecule has 0 amide bonds. The average molecular weight is 160 g/mol. The number of hydrogen-bond donors (Lipinski definition) is 1. The molecule has 0 fully saturated rings. The predicted octanol–water partition coefficient (Wildman–Crippen LogP) is 0.964. The van der Waals surface area contributed by atoms with Gasteiger partial charge in [-0.2, -0.15) is 0 Å². The molecule has 1 aliphatic rings. The molecule has 2 nitrogen and oxygen atoms in total. The minimum atomic E-state index is 0.0168. The molecule has 2 rings (SSSR count). The van der Waals surface area contributed by atoms with Crippen molar-refractivity contribution in [1.29, 1.82) is 0 Å². The van der Waals surface area contributed by atoms with Crippen LogP contribution in [0.1, 0.15) is 12.0 Å². The second-order valence-electron chi connectivity index (χ2n) is 2.87. The van der Waals surface area contributed by atoms with Gasteiger partial charge in [-0.3, -0.25) is 0 Å².